The van der Waals surface area contributed by atoms with E-state index in [9.17, 15) is 0 Å². The zero-order chi connectivity index (χ0) is 18.8. The molecule has 2 rings (SSSR count). The fourth-order valence-corrected chi connectivity index (χ4v) is 3.10. The van der Waals surface area contributed by atoms with E-state index in [1.165, 1.54) is 30.4 Å². The van der Waals surface area contributed by atoms with Gasteiger partial charge in [0.15, 0.2) is 5.96 Å². The van der Waals surface area contributed by atoms with Gasteiger partial charge in [-0.05, 0) is 50.2 Å². The number of nitrogens with zero attached hydrogens (tertiary/aromatic N) is 2. The van der Waals surface area contributed by atoms with Gasteiger partial charge in [-0.25, -0.2) is 0 Å². The highest BCUT2D eigenvalue weighted by Crippen LogP contribution is 2.18. The maximum atomic E-state index is 5.64. The molecule has 0 unspecified atom stereocenters. The third-order valence-corrected chi connectivity index (χ3v) is 4.84. The van der Waals surface area contributed by atoms with E-state index in [-0.39, 0.29) is 30.1 Å². The van der Waals surface area contributed by atoms with Gasteiger partial charge in [-0.3, -0.25) is 4.99 Å². The smallest absolute Gasteiger partial charge is 0.193 e. The molecule has 1 aromatic rings. The molecule has 0 spiro atoms. The Balaban J connectivity index is 0.00000364. The molecule has 0 atom stereocenters. The first-order valence-electron chi connectivity index (χ1n) is 9.77. The van der Waals surface area contributed by atoms with Crippen LogP contribution in [-0.4, -0.2) is 50.8 Å². The van der Waals surface area contributed by atoms with Crippen molar-refractivity contribution in [2.45, 2.75) is 52.4 Å². The molecule has 1 heterocycles. The van der Waals surface area contributed by atoms with Crippen LogP contribution in [0.15, 0.2) is 29.3 Å². The number of hydrogen-bond acceptors (Lipinski definition) is 3. The predicted octanol–water partition coefficient (Wildman–Crippen LogP) is 4.05. The molecule has 5 nitrogen and oxygen atoms in total. The van der Waals surface area contributed by atoms with Gasteiger partial charge >= 0.3 is 0 Å². The minimum Gasteiger partial charge on any atom is -0.381 e. The van der Waals surface area contributed by atoms with E-state index < -0.39 is 0 Å². The van der Waals surface area contributed by atoms with Crippen LogP contribution in [0, 0.1) is 5.92 Å². The number of nitrogens with one attached hydrogen (secondary N) is 1. The maximum absolute atomic E-state index is 5.64. The van der Waals surface area contributed by atoms with E-state index in [0.29, 0.717) is 6.61 Å². The molecule has 1 aliphatic heterocycles. The van der Waals surface area contributed by atoms with Crippen LogP contribution < -0.4 is 5.32 Å². The van der Waals surface area contributed by atoms with Crippen LogP contribution in [0.5, 0.6) is 0 Å². The van der Waals surface area contributed by atoms with Gasteiger partial charge in [0.05, 0.1) is 12.7 Å². The van der Waals surface area contributed by atoms with Gasteiger partial charge in [0, 0.05) is 40.4 Å². The van der Waals surface area contributed by atoms with Crippen molar-refractivity contribution in [3.05, 3.63) is 35.4 Å². The lowest BCUT2D eigenvalue weighted by molar-refractivity contribution is 0.0625. The Hall–Kier alpha value is -0.860. The van der Waals surface area contributed by atoms with Crippen LogP contribution in [0.2, 0.25) is 0 Å². The first-order chi connectivity index (χ1) is 12.6. The average Bonchev–Trinajstić information content (AvgIpc) is 2.67. The summed E-state index contributed by atoms with van der Waals surface area (Å²) >= 11 is 0. The number of aliphatic imine (C=N–C) groups is 1. The van der Waals surface area contributed by atoms with Crippen LogP contribution in [0.1, 0.15) is 44.2 Å². The third-order valence-electron chi connectivity index (χ3n) is 4.84. The quantitative estimate of drug-likeness (QED) is 0.340. The average molecular weight is 489 g/mol. The van der Waals surface area contributed by atoms with Gasteiger partial charge in [-0.15, -0.1) is 24.0 Å². The highest BCUT2D eigenvalue weighted by Gasteiger charge is 2.15. The minimum atomic E-state index is 0. The van der Waals surface area contributed by atoms with Crippen molar-refractivity contribution in [2.24, 2.45) is 10.9 Å². The molecular weight excluding hydrogens is 453 g/mol. The Kier molecular flexibility index (Phi) is 11.9. The summed E-state index contributed by atoms with van der Waals surface area (Å²) in [6, 6.07) is 8.58. The van der Waals surface area contributed by atoms with Crippen molar-refractivity contribution >= 4 is 29.9 Å². The lowest BCUT2D eigenvalue weighted by Gasteiger charge is -2.26. The fraction of sp³-hybridized carbons (Fsp3) is 0.667. The van der Waals surface area contributed by atoms with Gasteiger partial charge in [0.1, 0.15) is 0 Å². The number of halogens is 1. The van der Waals surface area contributed by atoms with E-state index in [2.05, 4.69) is 60.4 Å². The molecule has 0 radical (unpaired) electrons. The Morgan fingerprint density at radius 2 is 1.85 bits per heavy atom. The summed E-state index contributed by atoms with van der Waals surface area (Å²) in [5.41, 5.74) is 2.46. The highest BCUT2D eigenvalue weighted by atomic mass is 127. The molecule has 27 heavy (non-hydrogen) atoms. The molecule has 1 fully saturated rings. The first-order valence-corrected chi connectivity index (χ1v) is 9.77. The molecule has 0 saturated carbocycles. The Bertz CT molecular complexity index is 543. The number of benzene rings is 1. The normalized spacial score (nSPS) is 15.5. The summed E-state index contributed by atoms with van der Waals surface area (Å²) in [6.45, 7) is 8.42. The van der Waals surface area contributed by atoms with Gasteiger partial charge in [-0.1, -0.05) is 24.3 Å². The topological polar surface area (TPSA) is 46.1 Å². The second-order valence-electron chi connectivity index (χ2n) is 7.34. The van der Waals surface area contributed by atoms with Crippen molar-refractivity contribution in [3.63, 3.8) is 0 Å². The zero-order valence-corrected chi connectivity index (χ0v) is 19.6. The van der Waals surface area contributed by atoms with Crippen molar-refractivity contribution in [2.75, 3.05) is 33.9 Å². The molecule has 0 aromatic heterocycles. The van der Waals surface area contributed by atoms with Crippen LogP contribution >= 0.6 is 24.0 Å². The van der Waals surface area contributed by atoms with Gasteiger partial charge in [0.2, 0.25) is 0 Å². The van der Waals surface area contributed by atoms with Gasteiger partial charge < -0.3 is 19.7 Å². The van der Waals surface area contributed by atoms with Crippen molar-refractivity contribution in [1.29, 1.82) is 0 Å². The van der Waals surface area contributed by atoms with Crippen LogP contribution in [0.25, 0.3) is 0 Å². The lowest BCUT2D eigenvalue weighted by Crippen LogP contribution is -2.39. The number of ether oxygens (including phenoxy) is 2. The van der Waals surface area contributed by atoms with Crippen LogP contribution in [-0.2, 0) is 22.6 Å². The molecule has 1 aromatic carbocycles. The summed E-state index contributed by atoms with van der Waals surface area (Å²) < 4.78 is 11.1. The lowest BCUT2D eigenvalue weighted by atomic mass is 9.96. The molecule has 0 aliphatic carbocycles. The molecule has 1 N–H and O–H groups in total. The van der Waals surface area contributed by atoms with Crippen molar-refractivity contribution < 1.29 is 9.47 Å². The monoisotopic (exact) mass is 489 g/mol. The molecule has 0 bridgehead atoms. The fourth-order valence-electron chi connectivity index (χ4n) is 3.10. The number of hydrogen-bond donors (Lipinski definition) is 1. The number of guanidine groups is 1. The summed E-state index contributed by atoms with van der Waals surface area (Å²) in [5, 5.41) is 3.46. The van der Waals surface area contributed by atoms with Crippen LogP contribution in [0.4, 0.5) is 0 Å². The molecule has 6 heteroatoms. The zero-order valence-electron chi connectivity index (χ0n) is 17.2. The summed E-state index contributed by atoms with van der Waals surface area (Å²) in [5.74, 6) is 1.73. The van der Waals surface area contributed by atoms with E-state index in [4.69, 9.17) is 9.47 Å². The second kappa shape index (κ2) is 13.3. The molecule has 1 saturated heterocycles. The number of rotatable bonds is 8. The summed E-state index contributed by atoms with van der Waals surface area (Å²) in [4.78, 5) is 6.64. The Morgan fingerprint density at radius 1 is 1.22 bits per heavy atom. The highest BCUT2D eigenvalue weighted by molar-refractivity contribution is 14.0. The SMILES string of the molecule is CN=C(NCc1ccc(COC(C)C)cc1)N(C)CCC1CCOCC1.I. The van der Waals surface area contributed by atoms with E-state index in [1.54, 1.807) is 0 Å². The minimum absolute atomic E-state index is 0. The predicted molar refractivity (Wildman–Crippen MR) is 123 cm³/mol. The summed E-state index contributed by atoms with van der Waals surface area (Å²) in [7, 11) is 3.96. The largest absolute Gasteiger partial charge is 0.381 e. The van der Waals surface area contributed by atoms with Crippen LogP contribution in [0.3, 0.4) is 0 Å². The summed E-state index contributed by atoms with van der Waals surface area (Å²) in [6.07, 6.45) is 3.83. The Morgan fingerprint density at radius 3 is 2.44 bits per heavy atom. The van der Waals surface area contributed by atoms with Crippen molar-refractivity contribution in [1.82, 2.24) is 10.2 Å². The van der Waals surface area contributed by atoms with E-state index in [1.807, 2.05) is 7.05 Å². The first kappa shape index (κ1) is 24.2. The Labute approximate surface area is 181 Å². The second-order valence-corrected chi connectivity index (χ2v) is 7.34. The molecule has 1 aliphatic rings. The van der Waals surface area contributed by atoms with E-state index >= 15 is 0 Å². The van der Waals surface area contributed by atoms with E-state index in [0.717, 1.165) is 38.2 Å². The van der Waals surface area contributed by atoms with Gasteiger partial charge in [0.25, 0.3) is 0 Å². The third kappa shape index (κ3) is 9.25. The standard InChI is InChI=1S/C21H35N3O2.HI/c1-17(2)26-16-20-7-5-19(6-8-20)15-23-21(22-3)24(4)12-9-18-10-13-25-14-11-18;/h5-8,17-18H,9-16H2,1-4H3,(H,22,23);1H. The van der Waals surface area contributed by atoms with Crippen molar-refractivity contribution in [3.8, 4) is 0 Å². The molecule has 154 valence electrons. The molecule has 0 amide bonds. The molecular formula is C21H36IN3O2. The maximum Gasteiger partial charge on any atom is 0.193 e. The van der Waals surface area contributed by atoms with Gasteiger partial charge in [-0.2, -0.15) is 0 Å².